The number of halogens is 1. The first-order valence-corrected chi connectivity index (χ1v) is 6.13. The smallest absolute Gasteiger partial charge is 0.142 e. The predicted octanol–water partition coefficient (Wildman–Crippen LogP) is 4.26. The van der Waals surface area contributed by atoms with E-state index in [1.807, 2.05) is 13.8 Å². The third-order valence-corrected chi connectivity index (χ3v) is 3.28. The van der Waals surface area contributed by atoms with Gasteiger partial charge in [-0.05, 0) is 47.6 Å². The van der Waals surface area contributed by atoms with Crippen molar-refractivity contribution in [1.29, 1.82) is 5.26 Å². The number of fused-ring (bicyclic) bond motifs is 1. The summed E-state index contributed by atoms with van der Waals surface area (Å²) < 4.78 is 14.2. The second-order valence-corrected chi connectivity index (χ2v) is 4.96. The number of aryl methyl sites for hydroxylation is 1. The third kappa shape index (κ3) is 2.07. The van der Waals surface area contributed by atoms with Crippen molar-refractivity contribution in [3.05, 3.63) is 46.3 Å². The number of hydrogen-bond donors (Lipinski definition) is 0. The monoisotopic (exact) mass is 251 g/mol. The molecule has 0 amide bonds. The first kappa shape index (κ1) is 13.1. The van der Waals surface area contributed by atoms with Gasteiger partial charge in [0.25, 0.3) is 0 Å². The quantitative estimate of drug-likeness (QED) is 0.694. The van der Waals surface area contributed by atoms with Gasteiger partial charge in [0.1, 0.15) is 5.82 Å². The van der Waals surface area contributed by atoms with Crippen LogP contribution in [0.2, 0.25) is 0 Å². The molecule has 0 bridgehead atoms. The lowest BCUT2D eigenvalue weighted by atomic mass is 9.89. The molecule has 0 unspecified atom stereocenters. The van der Waals surface area contributed by atoms with Gasteiger partial charge < -0.3 is 0 Å². The summed E-state index contributed by atoms with van der Waals surface area (Å²) in [4.78, 5) is 0. The Hall–Kier alpha value is -2.32. The molecule has 0 heterocycles. The summed E-state index contributed by atoms with van der Waals surface area (Å²) in [5, 5.41) is 10.7. The van der Waals surface area contributed by atoms with Crippen molar-refractivity contribution >= 4 is 10.8 Å². The number of nitrogens with zero attached hydrogens (tertiary/aromatic N) is 1. The lowest BCUT2D eigenvalue weighted by Gasteiger charge is -2.14. The van der Waals surface area contributed by atoms with E-state index in [4.69, 9.17) is 11.7 Å². The SMILES string of the molecule is C#Cc1c(F)c(C)cc2cc(C#N)cc(C(C)C)c12. The van der Waals surface area contributed by atoms with E-state index in [1.165, 1.54) is 0 Å². The van der Waals surface area contributed by atoms with Crippen molar-refractivity contribution in [3.63, 3.8) is 0 Å². The first-order valence-electron chi connectivity index (χ1n) is 6.13. The molecule has 0 atom stereocenters. The molecule has 0 saturated heterocycles. The highest BCUT2D eigenvalue weighted by Crippen LogP contribution is 2.32. The van der Waals surface area contributed by atoms with E-state index in [2.05, 4.69) is 12.0 Å². The van der Waals surface area contributed by atoms with Gasteiger partial charge in [-0.3, -0.25) is 0 Å². The predicted molar refractivity (Wildman–Crippen MR) is 75.4 cm³/mol. The molecule has 0 radical (unpaired) electrons. The molecule has 0 spiro atoms. The minimum absolute atomic E-state index is 0.171. The van der Waals surface area contributed by atoms with Crippen LogP contribution in [-0.2, 0) is 0 Å². The Morgan fingerprint density at radius 3 is 2.47 bits per heavy atom. The number of rotatable bonds is 1. The normalized spacial score (nSPS) is 10.5. The molecular formula is C17H14FN. The highest BCUT2D eigenvalue weighted by molar-refractivity contribution is 5.93. The first-order chi connectivity index (χ1) is 8.99. The Labute approximate surface area is 112 Å². The maximum Gasteiger partial charge on any atom is 0.142 e. The summed E-state index contributed by atoms with van der Waals surface area (Å²) in [6.45, 7) is 5.70. The summed E-state index contributed by atoms with van der Waals surface area (Å²) in [6.07, 6.45) is 5.47. The molecule has 94 valence electrons. The Morgan fingerprint density at radius 2 is 1.95 bits per heavy atom. The fourth-order valence-corrected chi connectivity index (χ4v) is 2.35. The van der Waals surface area contributed by atoms with Crippen molar-refractivity contribution in [1.82, 2.24) is 0 Å². The van der Waals surface area contributed by atoms with Crippen LogP contribution in [0.5, 0.6) is 0 Å². The third-order valence-electron chi connectivity index (χ3n) is 3.28. The topological polar surface area (TPSA) is 23.8 Å². The van der Waals surface area contributed by atoms with Crippen molar-refractivity contribution in [3.8, 4) is 18.4 Å². The van der Waals surface area contributed by atoms with Crippen molar-refractivity contribution < 1.29 is 4.39 Å². The van der Waals surface area contributed by atoms with Crippen LogP contribution < -0.4 is 0 Å². The Balaban J connectivity index is 3.05. The van der Waals surface area contributed by atoms with Crippen LogP contribution in [0.4, 0.5) is 4.39 Å². The molecule has 0 aliphatic heterocycles. The van der Waals surface area contributed by atoms with E-state index in [1.54, 1.807) is 25.1 Å². The van der Waals surface area contributed by atoms with Crippen LogP contribution in [0, 0.1) is 36.4 Å². The fraction of sp³-hybridized carbons (Fsp3) is 0.235. The zero-order chi connectivity index (χ0) is 14.2. The van der Waals surface area contributed by atoms with Crippen molar-refractivity contribution in [2.75, 3.05) is 0 Å². The van der Waals surface area contributed by atoms with Gasteiger partial charge in [-0.25, -0.2) is 4.39 Å². The van der Waals surface area contributed by atoms with E-state index in [0.29, 0.717) is 16.7 Å². The number of benzene rings is 2. The molecule has 2 rings (SSSR count). The molecule has 0 N–H and O–H groups in total. The second-order valence-electron chi connectivity index (χ2n) is 4.96. The fourth-order valence-electron chi connectivity index (χ4n) is 2.35. The molecule has 19 heavy (non-hydrogen) atoms. The second kappa shape index (κ2) is 4.75. The molecule has 1 nitrogen and oxygen atoms in total. The number of nitriles is 1. The molecule has 2 aromatic rings. The Morgan fingerprint density at radius 1 is 1.26 bits per heavy atom. The summed E-state index contributed by atoms with van der Waals surface area (Å²) >= 11 is 0. The van der Waals surface area contributed by atoms with Gasteiger partial charge in [-0.15, -0.1) is 6.42 Å². The van der Waals surface area contributed by atoms with E-state index in [9.17, 15) is 4.39 Å². The largest absolute Gasteiger partial charge is 0.205 e. The average Bonchev–Trinajstić information content (AvgIpc) is 2.39. The molecule has 2 aromatic carbocycles. The van der Waals surface area contributed by atoms with E-state index < -0.39 is 0 Å². The molecule has 0 aliphatic rings. The average molecular weight is 251 g/mol. The van der Waals surface area contributed by atoms with E-state index >= 15 is 0 Å². The van der Waals surface area contributed by atoms with Crippen LogP contribution in [0.1, 0.15) is 42.0 Å². The molecule has 0 aromatic heterocycles. The number of hydrogen-bond acceptors (Lipinski definition) is 1. The van der Waals surface area contributed by atoms with Crippen molar-refractivity contribution in [2.45, 2.75) is 26.7 Å². The highest BCUT2D eigenvalue weighted by Gasteiger charge is 2.15. The lowest BCUT2D eigenvalue weighted by Crippen LogP contribution is -1.98. The van der Waals surface area contributed by atoms with Gasteiger partial charge in [0.2, 0.25) is 0 Å². The number of terminal acetylenes is 1. The van der Waals surface area contributed by atoms with Gasteiger partial charge in [-0.1, -0.05) is 19.8 Å². The zero-order valence-electron chi connectivity index (χ0n) is 11.2. The Kier molecular flexibility index (Phi) is 3.28. The van der Waals surface area contributed by atoms with E-state index in [-0.39, 0.29) is 11.7 Å². The van der Waals surface area contributed by atoms with E-state index in [0.717, 1.165) is 16.3 Å². The van der Waals surface area contributed by atoms with Crippen LogP contribution in [0.25, 0.3) is 10.8 Å². The standard InChI is InChI=1S/C17H14FN/c1-5-14-16-13(6-11(4)17(14)18)7-12(9-19)8-15(16)10(2)3/h1,6-8,10H,2-4H3. The maximum atomic E-state index is 14.2. The Bertz CT molecular complexity index is 743. The minimum Gasteiger partial charge on any atom is -0.205 e. The van der Waals surface area contributed by atoms with Crippen molar-refractivity contribution in [2.24, 2.45) is 0 Å². The summed E-state index contributed by atoms with van der Waals surface area (Å²) in [7, 11) is 0. The van der Waals surface area contributed by atoms with Gasteiger partial charge >= 0.3 is 0 Å². The summed E-state index contributed by atoms with van der Waals surface area (Å²) in [6, 6.07) is 7.44. The zero-order valence-corrected chi connectivity index (χ0v) is 11.2. The summed E-state index contributed by atoms with van der Waals surface area (Å²) in [5.41, 5.74) is 2.29. The molecule has 0 fully saturated rings. The lowest BCUT2D eigenvalue weighted by molar-refractivity contribution is 0.617. The highest BCUT2D eigenvalue weighted by atomic mass is 19.1. The summed E-state index contributed by atoms with van der Waals surface area (Å²) in [5.74, 6) is 2.28. The van der Waals surface area contributed by atoms with Crippen LogP contribution in [-0.4, -0.2) is 0 Å². The van der Waals surface area contributed by atoms with Gasteiger partial charge in [0, 0.05) is 5.39 Å². The van der Waals surface area contributed by atoms with Gasteiger partial charge in [-0.2, -0.15) is 5.26 Å². The van der Waals surface area contributed by atoms with Crippen LogP contribution >= 0.6 is 0 Å². The molecule has 0 saturated carbocycles. The van der Waals surface area contributed by atoms with Gasteiger partial charge in [0.05, 0.1) is 17.2 Å². The van der Waals surface area contributed by atoms with Crippen LogP contribution in [0.3, 0.4) is 0 Å². The molecule has 0 aliphatic carbocycles. The van der Waals surface area contributed by atoms with Crippen LogP contribution in [0.15, 0.2) is 18.2 Å². The minimum atomic E-state index is -0.346. The maximum absolute atomic E-state index is 14.2. The molecular weight excluding hydrogens is 237 g/mol. The molecule has 2 heteroatoms. The van der Waals surface area contributed by atoms with Gasteiger partial charge in [0.15, 0.2) is 0 Å².